The topological polar surface area (TPSA) is 32.3 Å². The molecule has 0 aromatic carbocycles. The summed E-state index contributed by atoms with van der Waals surface area (Å²) in [6, 6.07) is 0. The molecule has 1 saturated heterocycles. The summed E-state index contributed by atoms with van der Waals surface area (Å²) in [6.07, 6.45) is -5.19. The smallest absolute Gasteiger partial charge is 0.392 e. The van der Waals surface area contributed by atoms with Gasteiger partial charge in [-0.25, -0.2) is 0 Å². The molecule has 0 saturated carbocycles. The maximum Gasteiger partial charge on any atom is 0.393 e. The first-order chi connectivity index (χ1) is 5.00. The van der Waals surface area contributed by atoms with E-state index in [0.717, 1.165) is 0 Å². The Morgan fingerprint density at radius 1 is 1.27 bits per heavy atom. The van der Waals surface area contributed by atoms with Gasteiger partial charge in [0.2, 0.25) is 0 Å². The first-order valence-corrected chi connectivity index (χ1v) is 3.45. The Hall–Kier alpha value is -0.290. The average molecular weight is 169 g/mol. The van der Waals surface area contributed by atoms with Gasteiger partial charge < -0.3 is 10.4 Å². The van der Waals surface area contributed by atoms with E-state index >= 15 is 0 Å². The summed E-state index contributed by atoms with van der Waals surface area (Å²) in [5.41, 5.74) is 0. The van der Waals surface area contributed by atoms with E-state index in [4.69, 9.17) is 5.11 Å². The van der Waals surface area contributed by atoms with Crippen LogP contribution < -0.4 is 5.32 Å². The van der Waals surface area contributed by atoms with Crippen molar-refractivity contribution in [1.29, 1.82) is 0 Å². The Morgan fingerprint density at radius 2 is 1.91 bits per heavy atom. The molecular formula is C6H10F3NO. The van der Waals surface area contributed by atoms with Crippen LogP contribution in [0.1, 0.15) is 6.42 Å². The lowest BCUT2D eigenvalue weighted by Gasteiger charge is -2.28. The van der Waals surface area contributed by atoms with Crippen molar-refractivity contribution in [2.24, 2.45) is 5.92 Å². The summed E-state index contributed by atoms with van der Waals surface area (Å²) in [5.74, 6) is -1.38. The Balaban J connectivity index is 2.46. The predicted octanol–water partition coefficient (Wildman–Crippen LogP) is 0.519. The molecule has 0 amide bonds. The van der Waals surface area contributed by atoms with E-state index in [1.807, 2.05) is 0 Å². The fourth-order valence-corrected chi connectivity index (χ4v) is 1.17. The van der Waals surface area contributed by atoms with Gasteiger partial charge in [0, 0.05) is 13.1 Å². The van der Waals surface area contributed by atoms with E-state index in [-0.39, 0.29) is 19.5 Å². The SMILES string of the molecule is O[C@@H]1CNC[C@H](C(F)(F)F)C1. The molecule has 0 spiro atoms. The van der Waals surface area contributed by atoms with Crippen LogP contribution >= 0.6 is 0 Å². The highest BCUT2D eigenvalue weighted by Gasteiger charge is 2.41. The molecule has 0 radical (unpaired) electrons. The van der Waals surface area contributed by atoms with Crippen LogP contribution in [0.3, 0.4) is 0 Å². The number of alkyl halides is 3. The lowest BCUT2D eigenvalue weighted by atomic mass is 9.97. The van der Waals surface area contributed by atoms with Crippen LogP contribution in [-0.2, 0) is 0 Å². The second-order valence-electron chi connectivity index (χ2n) is 2.79. The highest BCUT2D eigenvalue weighted by Crippen LogP contribution is 2.30. The fourth-order valence-electron chi connectivity index (χ4n) is 1.17. The Morgan fingerprint density at radius 3 is 2.27 bits per heavy atom. The first-order valence-electron chi connectivity index (χ1n) is 3.45. The van der Waals surface area contributed by atoms with Crippen molar-refractivity contribution in [3.05, 3.63) is 0 Å². The van der Waals surface area contributed by atoms with Gasteiger partial charge in [0.25, 0.3) is 0 Å². The molecule has 0 aromatic rings. The van der Waals surface area contributed by atoms with Crippen LogP contribution in [0.5, 0.6) is 0 Å². The first kappa shape index (κ1) is 8.80. The van der Waals surface area contributed by atoms with Gasteiger partial charge in [0.05, 0.1) is 12.0 Å². The summed E-state index contributed by atoms with van der Waals surface area (Å²) in [7, 11) is 0. The Kier molecular flexibility index (Phi) is 2.39. The monoisotopic (exact) mass is 169 g/mol. The number of β-amino-alcohol motifs (C(OH)–C–C–N with tert-alkyl or cyclic N) is 1. The molecule has 1 aliphatic rings. The Bertz CT molecular complexity index is 136. The van der Waals surface area contributed by atoms with E-state index in [1.54, 1.807) is 0 Å². The Labute approximate surface area is 62.4 Å². The summed E-state index contributed by atoms with van der Waals surface area (Å²) in [6.45, 7) is 0.202. The molecule has 0 aliphatic carbocycles. The van der Waals surface area contributed by atoms with Crippen LogP contribution in [0.25, 0.3) is 0 Å². The van der Waals surface area contributed by atoms with Gasteiger partial charge in [-0.2, -0.15) is 13.2 Å². The van der Waals surface area contributed by atoms with Crippen LogP contribution in [0, 0.1) is 5.92 Å². The minimum absolute atomic E-state index is 0.0689. The summed E-state index contributed by atoms with van der Waals surface area (Å²) in [5, 5.41) is 11.4. The van der Waals surface area contributed by atoms with Crippen molar-refractivity contribution in [2.45, 2.75) is 18.7 Å². The van der Waals surface area contributed by atoms with Crippen molar-refractivity contribution in [2.75, 3.05) is 13.1 Å². The van der Waals surface area contributed by atoms with E-state index < -0.39 is 18.2 Å². The van der Waals surface area contributed by atoms with E-state index in [9.17, 15) is 13.2 Å². The highest BCUT2D eigenvalue weighted by molar-refractivity contribution is 4.79. The molecule has 2 nitrogen and oxygen atoms in total. The maximum absolute atomic E-state index is 12.0. The number of rotatable bonds is 0. The second kappa shape index (κ2) is 2.98. The highest BCUT2D eigenvalue weighted by atomic mass is 19.4. The van der Waals surface area contributed by atoms with Crippen LogP contribution in [-0.4, -0.2) is 30.5 Å². The van der Waals surface area contributed by atoms with Crippen molar-refractivity contribution in [1.82, 2.24) is 5.32 Å². The number of aliphatic hydroxyl groups excluding tert-OH is 1. The van der Waals surface area contributed by atoms with Gasteiger partial charge in [0.1, 0.15) is 0 Å². The normalized spacial score (nSPS) is 33.8. The second-order valence-corrected chi connectivity index (χ2v) is 2.79. The third-order valence-electron chi connectivity index (χ3n) is 1.79. The molecule has 66 valence electrons. The molecule has 1 heterocycles. The molecular weight excluding hydrogens is 159 g/mol. The molecule has 2 N–H and O–H groups in total. The summed E-state index contributed by atoms with van der Waals surface area (Å²) >= 11 is 0. The minimum atomic E-state index is -4.17. The van der Waals surface area contributed by atoms with Crippen molar-refractivity contribution in [3.63, 3.8) is 0 Å². The molecule has 5 heteroatoms. The number of aliphatic hydroxyl groups is 1. The lowest BCUT2D eigenvalue weighted by Crippen LogP contribution is -2.45. The van der Waals surface area contributed by atoms with Gasteiger partial charge in [-0.3, -0.25) is 0 Å². The molecule has 1 aliphatic heterocycles. The van der Waals surface area contributed by atoms with Gasteiger partial charge in [-0.1, -0.05) is 0 Å². The van der Waals surface area contributed by atoms with Gasteiger partial charge in [-0.15, -0.1) is 0 Å². The van der Waals surface area contributed by atoms with Crippen LogP contribution in [0.2, 0.25) is 0 Å². The standard InChI is InChI=1S/C6H10F3NO/c7-6(8,9)4-1-5(11)3-10-2-4/h4-5,10-11H,1-3H2/t4-,5+/m1/s1. The fraction of sp³-hybridized carbons (Fsp3) is 1.00. The third kappa shape index (κ3) is 2.34. The van der Waals surface area contributed by atoms with Gasteiger partial charge in [-0.05, 0) is 6.42 Å². The molecule has 0 aromatic heterocycles. The molecule has 0 bridgehead atoms. The number of halogens is 3. The zero-order valence-corrected chi connectivity index (χ0v) is 5.86. The van der Waals surface area contributed by atoms with Gasteiger partial charge in [0.15, 0.2) is 0 Å². The number of hydrogen-bond donors (Lipinski definition) is 2. The molecule has 11 heavy (non-hydrogen) atoms. The van der Waals surface area contributed by atoms with Crippen molar-refractivity contribution < 1.29 is 18.3 Å². The number of hydrogen-bond acceptors (Lipinski definition) is 2. The molecule has 0 unspecified atom stereocenters. The number of nitrogens with one attached hydrogen (secondary N) is 1. The van der Waals surface area contributed by atoms with Gasteiger partial charge >= 0.3 is 6.18 Å². The molecule has 2 atom stereocenters. The molecule has 1 rings (SSSR count). The van der Waals surface area contributed by atoms with E-state index in [1.165, 1.54) is 0 Å². The quantitative estimate of drug-likeness (QED) is 0.554. The van der Waals surface area contributed by atoms with E-state index in [0.29, 0.717) is 0 Å². The molecule has 1 fully saturated rings. The largest absolute Gasteiger partial charge is 0.393 e. The van der Waals surface area contributed by atoms with Crippen LogP contribution in [0.4, 0.5) is 13.2 Å². The summed E-state index contributed by atoms with van der Waals surface area (Å²) in [4.78, 5) is 0. The maximum atomic E-state index is 12.0. The minimum Gasteiger partial charge on any atom is -0.392 e. The lowest BCUT2D eigenvalue weighted by molar-refractivity contribution is -0.185. The van der Waals surface area contributed by atoms with Crippen LogP contribution in [0.15, 0.2) is 0 Å². The summed E-state index contributed by atoms with van der Waals surface area (Å²) < 4.78 is 35.9. The third-order valence-corrected chi connectivity index (χ3v) is 1.79. The average Bonchev–Trinajstić information content (AvgIpc) is 1.86. The predicted molar refractivity (Wildman–Crippen MR) is 33.0 cm³/mol. The zero-order chi connectivity index (χ0) is 8.48. The number of piperidine rings is 1. The zero-order valence-electron chi connectivity index (χ0n) is 5.86. The van der Waals surface area contributed by atoms with E-state index in [2.05, 4.69) is 5.32 Å². The van der Waals surface area contributed by atoms with Crippen molar-refractivity contribution >= 4 is 0 Å². The van der Waals surface area contributed by atoms with Crippen molar-refractivity contribution in [3.8, 4) is 0 Å².